The molecule has 0 saturated carbocycles. The molecule has 4 aromatic rings. The maximum absolute atomic E-state index is 12.1. The van der Waals surface area contributed by atoms with E-state index in [2.05, 4.69) is 22.7 Å². The molecule has 4 aromatic carbocycles. The summed E-state index contributed by atoms with van der Waals surface area (Å²) in [5, 5.41) is 6.34. The van der Waals surface area contributed by atoms with Crippen LogP contribution in [-0.4, -0.2) is 25.8 Å². The summed E-state index contributed by atoms with van der Waals surface area (Å²) in [5.74, 6) is 1.82. The van der Waals surface area contributed by atoms with Crippen molar-refractivity contribution in [1.29, 1.82) is 0 Å². The Balaban J connectivity index is 1.35. The maximum Gasteiger partial charge on any atom is 0.277 e. The van der Waals surface area contributed by atoms with Crippen LogP contribution < -0.4 is 19.6 Å². The molecule has 0 aliphatic rings. The van der Waals surface area contributed by atoms with Crippen LogP contribution in [0.4, 0.5) is 0 Å². The lowest BCUT2D eigenvalue weighted by Crippen LogP contribution is -2.24. The van der Waals surface area contributed by atoms with Crippen LogP contribution in [-0.2, 0) is 11.4 Å². The lowest BCUT2D eigenvalue weighted by molar-refractivity contribution is -0.123. The number of carbonyl (C=O) groups excluding carboxylic acids is 1. The summed E-state index contributed by atoms with van der Waals surface area (Å²) >= 11 is 0. The summed E-state index contributed by atoms with van der Waals surface area (Å²) in [5.41, 5.74) is 6.33. The van der Waals surface area contributed by atoms with Crippen LogP contribution in [0.3, 0.4) is 0 Å². The molecule has 35 heavy (non-hydrogen) atoms. The van der Waals surface area contributed by atoms with Crippen molar-refractivity contribution in [3.05, 3.63) is 101 Å². The summed E-state index contributed by atoms with van der Waals surface area (Å²) in [4.78, 5) is 12.1. The van der Waals surface area contributed by atoms with Gasteiger partial charge >= 0.3 is 0 Å². The first kappa shape index (κ1) is 23.8. The number of benzene rings is 4. The number of nitrogens with one attached hydrogen (secondary N) is 1. The topological polar surface area (TPSA) is 69.2 Å². The average molecular weight is 469 g/mol. The van der Waals surface area contributed by atoms with Crippen LogP contribution in [0.2, 0.25) is 0 Å². The highest BCUT2D eigenvalue weighted by Crippen LogP contribution is 2.24. The Morgan fingerprint density at radius 2 is 1.63 bits per heavy atom. The van der Waals surface area contributed by atoms with Gasteiger partial charge in [-0.05, 0) is 83.8 Å². The number of nitrogens with zero attached hydrogens (tertiary/aromatic N) is 1. The first-order chi connectivity index (χ1) is 17.0. The molecule has 0 aliphatic carbocycles. The van der Waals surface area contributed by atoms with Gasteiger partial charge in [-0.2, -0.15) is 5.10 Å². The van der Waals surface area contributed by atoms with E-state index in [1.807, 2.05) is 80.6 Å². The van der Waals surface area contributed by atoms with E-state index in [-0.39, 0.29) is 12.5 Å². The Bertz CT molecular complexity index is 1340. The molecule has 0 atom stereocenters. The second kappa shape index (κ2) is 11.2. The molecule has 6 nitrogen and oxygen atoms in total. The molecule has 1 N–H and O–H groups in total. The number of hydrazone groups is 1. The minimum atomic E-state index is -0.339. The quantitative estimate of drug-likeness (QED) is 0.257. The monoisotopic (exact) mass is 468 g/mol. The highest BCUT2D eigenvalue weighted by atomic mass is 16.5. The van der Waals surface area contributed by atoms with Gasteiger partial charge < -0.3 is 14.2 Å². The van der Waals surface area contributed by atoms with Gasteiger partial charge in [0.05, 0.1) is 13.3 Å². The van der Waals surface area contributed by atoms with Crippen molar-refractivity contribution in [2.24, 2.45) is 5.10 Å². The van der Waals surface area contributed by atoms with Gasteiger partial charge in [0, 0.05) is 5.56 Å². The lowest BCUT2D eigenvalue weighted by atomic mass is 10.1. The fraction of sp³-hybridized carbons (Fsp3) is 0.172. The van der Waals surface area contributed by atoms with Crippen molar-refractivity contribution >= 4 is 22.9 Å². The fourth-order valence-corrected chi connectivity index (χ4v) is 3.79. The molecule has 0 heterocycles. The Hall–Kier alpha value is -4.32. The minimum Gasteiger partial charge on any atom is -0.496 e. The molecule has 0 saturated heterocycles. The van der Waals surface area contributed by atoms with E-state index in [0.717, 1.165) is 38.8 Å². The average Bonchev–Trinajstić information content (AvgIpc) is 2.85. The van der Waals surface area contributed by atoms with Crippen molar-refractivity contribution in [1.82, 2.24) is 5.43 Å². The van der Waals surface area contributed by atoms with Gasteiger partial charge in [-0.15, -0.1) is 0 Å². The van der Waals surface area contributed by atoms with Crippen LogP contribution in [0.25, 0.3) is 10.8 Å². The van der Waals surface area contributed by atoms with Gasteiger partial charge in [0.1, 0.15) is 23.9 Å². The normalized spacial score (nSPS) is 10.9. The zero-order valence-electron chi connectivity index (χ0n) is 20.1. The predicted molar refractivity (Wildman–Crippen MR) is 138 cm³/mol. The van der Waals surface area contributed by atoms with Crippen LogP contribution in [0.15, 0.2) is 84.0 Å². The number of hydrogen-bond acceptors (Lipinski definition) is 5. The molecule has 178 valence electrons. The number of fused-ring (bicyclic) bond motifs is 1. The van der Waals surface area contributed by atoms with Crippen molar-refractivity contribution in [2.45, 2.75) is 20.5 Å². The molecule has 4 rings (SSSR count). The maximum atomic E-state index is 12.1. The fourth-order valence-electron chi connectivity index (χ4n) is 3.79. The minimum absolute atomic E-state index is 0.117. The Morgan fingerprint density at radius 1 is 0.857 bits per heavy atom. The number of ether oxygens (including phenoxy) is 3. The van der Waals surface area contributed by atoms with Crippen LogP contribution in [0.1, 0.15) is 22.3 Å². The summed E-state index contributed by atoms with van der Waals surface area (Å²) in [6, 6.07) is 25.6. The molecule has 0 spiro atoms. The molecule has 6 heteroatoms. The highest BCUT2D eigenvalue weighted by Gasteiger charge is 2.07. The molecule has 0 fully saturated rings. The summed E-state index contributed by atoms with van der Waals surface area (Å²) in [7, 11) is 1.62. The number of methoxy groups -OCH3 is 1. The van der Waals surface area contributed by atoms with Crippen LogP contribution in [0, 0.1) is 13.8 Å². The van der Waals surface area contributed by atoms with Gasteiger partial charge in [0.2, 0.25) is 0 Å². The SMILES string of the molecule is COc1ccc(C=NNC(=O)COc2cc(C)cc(C)c2)cc1COc1ccc2ccccc2c1. The molecular formula is C29H28N2O4. The van der Waals surface area contributed by atoms with Crippen LogP contribution in [0.5, 0.6) is 17.2 Å². The molecule has 0 aromatic heterocycles. The molecule has 0 unspecified atom stereocenters. The summed E-state index contributed by atoms with van der Waals surface area (Å²) in [6.07, 6.45) is 1.58. The number of aryl methyl sites for hydroxylation is 2. The standard InChI is InChI=1S/C29H28N2O4/c1-20-12-21(2)14-27(13-20)35-19-29(32)31-30-17-22-8-11-28(33-3)25(15-22)18-34-26-10-9-23-6-4-5-7-24(23)16-26/h4-17H,18-19H2,1-3H3,(H,31,32). The molecule has 0 radical (unpaired) electrons. The highest BCUT2D eigenvalue weighted by molar-refractivity contribution is 5.84. The van der Waals surface area contributed by atoms with Crippen LogP contribution >= 0.6 is 0 Å². The van der Waals surface area contributed by atoms with Crippen molar-refractivity contribution in [3.8, 4) is 17.2 Å². The Labute approximate surface area is 205 Å². The van der Waals surface area contributed by atoms with Gasteiger partial charge in [0.15, 0.2) is 6.61 Å². The van der Waals surface area contributed by atoms with Crippen molar-refractivity contribution in [3.63, 3.8) is 0 Å². The third-order valence-corrected chi connectivity index (χ3v) is 5.39. The van der Waals surface area contributed by atoms with E-state index >= 15 is 0 Å². The predicted octanol–water partition coefficient (Wildman–Crippen LogP) is 5.57. The molecule has 0 bridgehead atoms. The zero-order valence-corrected chi connectivity index (χ0v) is 20.1. The smallest absolute Gasteiger partial charge is 0.277 e. The van der Waals surface area contributed by atoms with E-state index in [4.69, 9.17) is 14.2 Å². The van der Waals surface area contributed by atoms with E-state index < -0.39 is 0 Å². The Morgan fingerprint density at radius 3 is 2.40 bits per heavy atom. The Kier molecular flexibility index (Phi) is 7.63. The third kappa shape index (κ3) is 6.60. The van der Waals surface area contributed by atoms with E-state index in [1.165, 1.54) is 0 Å². The van der Waals surface area contributed by atoms with Gasteiger partial charge in [-0.3, -0.25) is 4.79 Å². The number of amides is 1. The number of carbonyl (C=O) groups is 1. The van der Waals surface area contributed by atoms with Gasteiger partial charge in [-0.1, -0.05) is 36.4 Å². The van der Waals surface area contributed by atoms with Crippen molar-refractivity contribution < 1.29 is 19.0 Å². The molecule has 0 aliphatic heterocycles. The number of rotatable bonds is 9. The first-order valence-electron chi connectivity index (χ1n) is 11.3. The summed E-state index contributed by atoms with van der Waals surface area (Å²) in [6.45, 7) is 4.19. The van der Waals surface area contributed by atoms with E-state index in [1.54, 1.807) is 13.3 Å². The molecular weight excluding hydrogens is 440 g/mol. The first-order valence-corrected chi connectivity index (χ1v) is 11.3. The lowest BCUT2D eigenvalue weighted by Gasteiger charge is -2.12. The largest absolute Gasteiger partial charge is 0.496 e. The second-order valence-corrected chi connectivity index (χ2v) is 8.27. The van der Waals surface area contributed by atoms with E-state index in [9.17, 15) is 4.79 Å². The molecule has 1 amide bonds. The van der Waals surface area contributed by atoms with Gasteiger partial charge in [-0.25, -0.2) is 5.43 Å². The van der Waals surface area contributed by atoms with E-state index in [0.29, 0.717) is 18.1 Å². The summed E-state index contributed by atoms with van der Waals surface area (Å²) < 4.78 is 17.1. The third-order valence-electron chi connectivity index (χ3n) is 5.39. The van der Waals surface area contributed by atoms with Gasteiger partial charge in [0.25, 0.3) is 5.91 Å². The van der Waals surface area contributed by atoms with Crippen molar-refractivity contribution in [2.75, 3.05) is 13.7 Å². The second-order valence-electron chi connectivity index (χ2n) is 8.27. The zero-order chi connectivity index (χ0) is 24.6. The number of hydrogen-bond donors (Lipinski definition) is 1.